The fourth-order valence-electron chi connectivity index (χ4n) is 3.47. The standard InChI is InChI=1S/C20H24N2O2S/c1-14(15-8-4-2-5-9-15)17-12-19(24)22-20(21-17)25-13-18(23)16-10-6-3-7-11-16/h3,6-7,10-12,14-15H,2,4-5,8-9,13H2,1H3,(H,21,22,24). The third-order valence-corrected chi connectivity index (χ3v) is 5.87. The van der Waals surface area contributed by atoms with Crippen molar-refractivity contribution in [1.29, 1.82) is 0 Å². The predicted molar refractivity (Wildman–Crippen MR) is 101 cm³/mol. The van der Waals surface area contributed by atoms with Crippen LogP contribution < -0.4 is 5.56 Å². The third-order valence-electron chi connectivity index (χ3n) is 5.00. The van der Waals surface area contributed by atoms with Gasteiger partial charge in [0.05, 0.1) is 11.4 Å². The largest absolute Gasteiger partial charge is 0.301 e. The van der Waals surface area contributed by atoms with E-state index in [1.807, 2.05) is 18.2 Å². The van der Waals surface area contributed by atoms with Crippen LogP contribution in [0.5, 0.6) is 0 Å². The Hall–Kier alpha value is -1.88. The smallest absolute Gasteiger partial charge is 0.251 e. The Morgan fingerprint density at radius 1 is 1.24 bits per heavy atom. The van der Waals surface area contributed by atoms with Crippen LogP contribution in [0.1, 0.15) is 61.0 Å². The molecule has 1 aliphatic rings. The van der Waals surface area contributed by atoms with Crippen molar-refractivity contribution < 1.29 is 4.79 Å². The van der Waals surface area contributed by atoms with Gasteiger partial charge in [0.15, 0.2) is 10.9 Å². The van der Waals surface area contributed by atoms with Gasteiger partial charge in [-0.15, -0.1) is 0 Å². The van der Waals surface area contributed by atoms with E-state index < -0.39 is 0 Å². The zero-order chi connectivity index (χ0) is 17.6. The van der Waals surface area contributed by atoms with Crippen LogP contribution in [-0.2, 0) is 0 Å². The van der Waals surface area contributed by atoms with E-state index in [-0.39, 0.29) is 23.0 Å². The number of Topliss-reactive ketones (excluding diaryl/α,β-unsaturated/α-hetero) is 1. The van der Waals surface area contributed by atoms with E-state index in [1.54, 1.807) is 18.2 Å². The Kier molecular flexibility index (Phi) is 6.08. The van der Waals surface area contributed by atoms with Gasteiger partial charge in [0, 0.05) is 17.5 Å². The normalized spacial score (nSPS) is 16.5. The molecule has 1 aromatic carbocycles. The van der Waals surface area contributed by atoms with E-state index in [0.717, 1.165) is 5.69 Å². The first kappa shape index (κ1) is 17.9. The van der Waals surface area contributed by atoms with E-state index in [2.05, 4.69) is 16.9 Å². The zero-order valence-corrected chi connectivity index (χ0v) is 15.3. The lowest BCUT2D eigenvalue weighted by Gasteiger charge is -2.27. The maximum absolute atomic E-state index is 12.2. The number of rotatable bonds is 6. The molecule has 25 heavy (non-hydrogen) atoms. The first-order chi connectivity index (χ1) is 12.1. The lowest BCUT2D eigenvalue weighted by atomic mass is 9.79. The van der Waals surface area contributed by atoms with Crippen molar-refractivity contribution in [2.45, 2.75) is 50.1 Å². The maximum Gasteiger partial charge on any atom is 0.251 e. The molecule has 1 heterocycles. The van der Waals surface area contributed by atoms with Gasteiger partial charge >= 0.3 is 0 Å². The molecule has 1 saturated carbocycles. The second kappa shape index (κ2) is 8.48. The molecule has 4 nitrogen and oxygen atoms in total. The van der Waals surface area contributed by atoms with Gasteiger partial charge in [0.1, 0.15) is 0 Å². The summed E-state index contributed by atoms with van der Waals surface area (Å²) in [6.07, 6.45) is 6.28. The number of ketones is 1. The Labute approximate surface area is 152 Å². The summed E-state index contributed by atoms with van der Waals surface area (Å²) in [5.41, 5.74) is 1.40. The van der Waals surface area contributed by atoms with Gasteiger partial charge in [-0.1, -0.05) is 68.3 Å². The van der Waals surface area contributed by atoms with Gasteiger partial charge < -0.3 is 4.98 Å². The van der Waals surface area contributed by atoms with Crippen LogP contribution in [0.15, 0.2) is 46.3 Å². The van der Waals surface area contributed by atoms with Crippen LogP contribution in [0.2, 0.25) is 0 Å². The lowest BCUT2D eigenvalue weighted by Crippen LogP contribution is -2.19. The Bertz CT molecular complexity index is 767. The minimum absolute atomic E-state index is 0.0407. The molecule has 132 valence electrons. The Morgan fingerprint density at radius 3 is 2.68 bits per heavy atom. The molecule has 0 aliphatic heterocycles. The molecule has 2 aromatic rings. The fourth-order valence-corrected chi connectivity index (χ4v) is 4.25. The molecule has 0 spiro atoms. The number of thioether (sulfide) groups is 1. The average molecular weight is 356 g/mol. The average Bonchev–Trinajstić information content (AvgIpc) is 2.66. The molecule has 1 aromatic heterocycles. The molecule has 0 saturated heterocycles. The summed E-state index contributed by atoms with van der Waals surface area (Å²) < 4.78 is 0. The number of hydrogen-bond donors (Lipinski definition) is 1. The minimum Gasteiger partial charge on any atom is -0.301 e. The molecule has 5 heteroatoms. The highest BCUT2D eigenvalue weighted by atomic mass is 32.2. The molecule has 1 aliphatic carbocycles. The van der Waals surface area contributed by atoms with Crippen LogP contribution in [0.4, 0.5) is 0 Å². The van der Waals surface area contributed by atoms with Gasteiger partial charge in [-0.2, -0.15) is 0 Å². The lowest BCUT2D eigenvalue weighted by molar-refractivity contribution is 0.102. The van der Waals surface area contributed by atoms with E-state index in [9.17, 15) is 9.59 Å². The number of benzene rings is 1. The van der Waals surface area contributed by atoms with Crippen molar-refractivity contribution in [2.75, 3.05) is 5.75 Å². The van der Waals surface area contributed by atoms with E-state index in [1.165, 1.54) is 43.9 Å². The molecule has 0 radical (unpaired) electrons. The summed E-state index contributed by atoms with van der Waals surface area (Å²) in [7, 11) is 0. The SMILES string of the molecule is CC(c1cc(=O)[nH]c(SCC(=O)c2ccccc2)n1)C1CCCCC1. The highest BCUT2D eigenvalue weighted by Crippen LogP contribution is 2.34. The quantitative estimate of drug-likeness (QED) is 0.472. The van der Waals surface area contributed by atoms with Crippen molar-refractivity contribution in [3.8, 4) is 0 Å². The van der Waals surface area contributed by atoms with Crippen LogP contribution in [0, 0.1) is 5.92 Å². The van der Waals surface area contributed by atoms with E-state index in [4.69, 9.17) is 0 Å². The topological polar surface area (TPSA) is 62.8 Å². The zero-order valence-electron chi connectivity index (χ0n) is 14.5. The maximum atomic E-state index is 12.2. The van der Waals surface area contributed by atoms with Crippen LogP contribution in [0.3, 0.4) is 0 Å². The molecule has 3 rings (SSSR count). The van der Waals surface area contributed by atoms with Gasteiger partial charge in [-0.3, -0.25) is 9.59 Å². The van der Waals surface area contributed by atoms with Crippen LogP contribution in [0.25, 0.3) is 0 Å². The Balaban J connectivity index is 1.69. The number of aromatic nitrogens is 2. The van der Waals surface area contributed by atoms with Crippen molar-refractivity contribution in [2.24, 2.45) is 5.92 Å². The summed E-state index contributed by atoms with van der Waals surface area (Å²) in [4.78, 5) is 31.6. The summed E-state index contributed by atoms with van der Waals surface area (Å²) >= 11 is 1.30. The predicted octanol–water partition coefficient (Wildman–Crippen LogP) is 4.43. The van der Waals surface area contributed by atoms with Crippen molar-refractivity contribution in [1.82, 2.24) is 9.97 Å². The molecule has 1 fully saturated rings. The third kappa shape index (κ3) is 4.82. The number of carbonyl (C=O) groups is 1. The number of nitrogens with zero attached hydrogens (tertiary/aromatic N) is 1. The second-order valence-electron chi connectivity index (χ2n) is 6.74. The fraction of sp³-hybridized carbons (Fsp3) is 0.450. The number of H-pyrrole nitrogens is 1. The van der Waals surface area contributed by atoms with Crippen molar-refractivity contribution in [3.63, 3.8) is 0 Å². The second-order valence-corrected chi connectivity index (χ2v) is 7.70. The summed E-state index contributed by atoms with van der Waals surface area (Å²) in [6.45, 7) is 2.17. The molecule has 1 atom stereocenters. The van der Waals surface area contributed by atoms with Crippen LogP contribution in [-0.4, -0.2) is 21.5 Å². The molecular formula is C20H24N2O2S. The van der Waals surface area contributed by atoms with Gasteiger partial charge in [-0.05, 0) is 18.8 Å². The highest BCUT2D eigenvalue weighted by molar-refractivity contribution is 7.99. The minimum atomic E-state index is -0.137. The van der Waals surface area contributed by atoms with Gasteiger partial charge in [0.25, 0.3) is 5.56 Å². The Morgan fingerprint density at radius 2 is 1.96 bits per heavy atom. The molecule has 1 N–H and O–H groups in total. The summed E-state index contributed by atoms with van der Waals surface area (Å²) in [6, 6.07) is 10.8. The molecule has 0 amide bonds. The first-order valence-corrected chi connectivity index (χ1v) is 9.94. The van der Waals surface area contributed by atoms with Gasteiger partial charge in [0.2, 0.25) is 0 Å². The van der Waals surface area contributed by atoms with E-state index in [0.29, 0.717) is 16.6 Å². The van der Waals surface area contributed by atoms with Crippen LogP contribution >= 0.6 is 11.8 Å². The monoisotopic (exact) mass is 356 g/mol. The summed E-state index contributed by atoms with van der Waals surface area (Å²) in [5, 5.41) is 0.537. The van der Waals surface area contributed by atoms with Gasteiger partial charge in [-0.25, -0.2) is 4.98 Å². The summed E-state index contributed by atoms with van der Waals surface area (Å²) in [5.74, 6) is 1.20. The molecular weight excluding hydrogens is 332 g/mol. The number of carbonyl (C=O) groups excluding carboxylic acids is 1. The number of hydrogen-bond acceptors (Lipinski definition) is 4. The molecule has 1 unspecified atom stereocenters. The highest BCUT2D eigenvalue weighted by Gasteiger charge is 2.23. The van der Waals surface area contributed by atoms with Crippen molar-refractivity contribution in [3.05, 3.63) is 58.0 Å². The molecule has 0 bridgehead atoms. The number of nitrogens with one attached hydrogen (secondary N) is 1. The first-order valence-electron chi connectivity index (χ1n) is 8.96. The van der Waals surface area contributed by atoms with E-state index >= 15 is 0 Å². The van der Waals surface area contributed by atoms with Crippen molar-refractivity contribution >= 4 is 17.5 Å². The number of aromatic amines is 1.